The van der Waals surface area contributed by atoms with Crippen molar-refractivity contribution in [2.24, 2.45) is 0 Å². The first kappa shape index (κ1) is 12.0. The standard InChI is InChI=1S/C12H21N3S/c1-2-5-13-8-11-9-14-12(16-11)10-15-6-3-4-7-15/h9,13H,2-8,10H2,1H3. The molecule has 4 heteroatoms. The van der Waals surface area contributed by atoms with Gasteiger partial charge in [0, 0.05) is 17.6 Å². The van der Waals surface area contributed by atoms with Crippen LogP contribution < -0.4 is 5.32 Å². The molecule has 3 nitrogen and oxygen atoms in total. The minimum atomic E-state index is 0.978. The van der Waals surface area contributed by atoms with E-state index in [-0.39, 0.29) is 0 Å². The maximum atomic E-state index is 4.50. The summed E-state index contributed by atoms with van der Waals surface area (Å²) in [6.07, 6.45) is 5.94. The van der Waals surface area contributed by atoms with Crippen molar-refractivity contribution in [1.29, 1.82) is 0 Å². The van der Waals surface area contributed by atoms with E-state index in [9.17, 15) is 0 Å². The van der Waals surface area contributed by atoms with Gasteiger partial charge in [0.15, 0.2) is 0 Å². The molecule has 0 atom stereocenters. The molecule has 1 aromatic heterocycles. The Morgan fingerprint density at radius 1 is 1.44 bits per heavy atom. The molecule has 16 heavy (non-hydrogen) atoms. The Bertz CT molecular complexity index is 305. The number of aromatic nitrogens is 1. The van der Waals surface area contributed by atoms with Gasteiger partial charge in [-0.15, -0.1) is 11.3 Å². The molecule has 1 saturated heterocycles. The number of hydrogen-bond acceptors (Lipinski definition) is 4. The molecule has 90 valence electrons. The summed E-state index contributed by atoms with van der Waals surface area (Å²) in [5.74, 6) is 0. The van der Waals surface area contributed by atoms with Gasteiger partial charge in [-0.05, 0) is 38.9 Å². The van der Waals surface area contributed by atoms with E-state index in [1.165, 1.54) is 42.2 Å². The summed E-state index contributed by atoms with van der Waals surface area (Å²) in [4.78, 5) is 8.36. The van der Waals surface area contributed by atoms with Crippen LogP contribution in [0.3, 0.4) is 0 Å². The molecule has 1 aliphatic heterocycles. The molecule has 0 radical (unpaired) electrons. The first-order valence-corrected chi connectivity index (χ1v) is 7.07. The van der Waals surface area contributed by atoms with Crippen molar-refractivity contribution in [2.45, 2.75) is 39.3 Å². The molecule has 0 spiro atoms. The van der Waals surface area contributed by atoms with Crippen molar-refractivity contribution in [3.63, 3.8) is 0 Å². The van der Waals surface area contributed by atoms with E-state index < -0.39 is 0 Å². The van der Waals surface area contributed by atoms with E-state index in [1.54, 1.807) is 0 Å². The lowest BCUT2D eigenvalue weighted by molar-refractivity contribution is 0.331. The Kier molecular flexibility index (Phi) is 4.75. The van der Waals surface area contributed by atoms with Crippen molar-refractivity contribution >= 4 is 11.3 Å². The summed E-state index contributed by atoms with van der Waals surface area (Å²) < 4.78 is 0. The lowest BCUT2D eigenvalue weighted by atomic mass is 10.4. The third kappa shape index (κ3) is 3.54. The van der Waals surface area contributed by atoms with Crippen molar-refractivity contribution in [2.75, 3.05) is 19.6 Å². The summed E-state index contributed by atoms with van der Waals surface area (Å²) in [6, 6.07) is 0. The van der Waals surface area contributed by atoms with Crippen LogP contribution in [0.1, 0.15) is 36.1 Å². The van der Waals surface area contributed by atoms with E-state index in [0.717, 1.165) is 19.6 Å². The molecular weight excluding hydrogens is 218 g/mol. The van der Waals surface area contributed by atoms with Crippen LogP contribution in [0.25, 0.3) is 0 Å². The van der Waals surface area contributed by atoms with Crippen LogP contribution in [0.5, 0.6) is 0 Å². The molecule has 0 aromatic carbocycles. The topological polar surface area (TPSA) is 28.2 Å². The molecule has 2 heterocycles. The molecule has 0 unspecified atom stereocenters. The summed E-state index contributed by atoms with van der Waals surface area (Å²) in [7, 11) is 0. The highest BCUT2D eigenvalue weighted by Crippen LogP contribution is 2.17. The lowest BCUT2D eigenvalue weighted by Crippen LogP contribution is -2.18. The summed E-state index contributed by atoms with van der Waals surface area (Å²) >= 11 is 1.85. The van der Waals surface area contributed by atoms with Gasteiger partial charge in [0.2, 0.25) is 0 Å². The maximum Gasteiger partial charge on any atom is 0.107 e. The lowest BCUT2D eigenvalue weighted by Gasteiger charge is -2.11. The Labute approximate surface area is 102 Å². The number of thiazole rings is 1. The molecule has 1 aromatic rings. The zero-order chi connectivity index (χ0) is 11.2. The van der Waals surface area contributed by atoms with E-state index in [1.807, 2.05) is 17.5 Å². The number of rotatable bonds is 6. The molecule has 0 saturated carbocycles. The third-order valence-electron chi connectivity index (χ3n) is 2.88. The molecule has 1 fully saturated rings. The van der Waals surface area contributed by atoms with Crippen LogP contribution in [0.2, 0.25) is 0 Å². The minimum Gasteiger partial charge on any atom is -0.312 e. The van der Waals surface area contributed by atoms with Gasteiger partial charge in [-0.25, -0.2) is 4.98 Å². The normalized spacial score (nSPS) is 17.1. The zero-order valence-corrected chi connectivity index (χ0v) is 10.9. The first-order valence-electron chi connectivity index (χ1n) is 6.25. The molecule has 0 bridgehead atoms. The zero-order valence-electron chi connectivity index (χ0n) is 10.0. The number of nitrogens with one attached hydrogen (secondary N) is 1. The largest absolute Gasteiger partial charge is 0.312 e. The highest BCUT2D eigenvalue weighted by molar-refractivity contribution is 7.11. The van der Waals surface area contributed by atoms with Crippen molar-refractivity contribution in [3.8, 4) is 0 Å². The second-order valence-corrected chi connectivity index (χ2v) is 5.58. The minimum absolute atomic E-state index is 0.978. The van der Waals surface area contributed by atoms with Crippen molar-refractivity contribution in [3.05, 3.63) is 16.1 Å². The van der Waals surface area contributed by atoms with Gasteiger partial charge in [0.1, 0.15) is 5.01 Å². The van der Waals surface area contributed by atoms with Crippen LogP contribution in [0, 0.1) is 0 Å². The molecule has 0 amide bonds. The summed E-state index contributed by atoms with van der Waals surface area (Å²) in [6.45, 7) is 7.83. The Balaban J connectivity index is 1.77. The predicted molar refractivity (Wildman–Crippen MR) is 68.6 cm³/mol. The smallest absolute Gasteiger partial charge is 0.107 e. The van der Waals surface area contributed by atoms with Crippen molar-refractivity contribution < 1.29 is 0 Å². The number of likely N-dealkylation sites (tertiary alicyclic amines) is 1. The Hall–Kier alpha value is -0.450. The highest BCUT2D eigenvalue weighted by atomic mass is 32.1. The predicted octanol–water partition coefficient (Wildman–Crippen LogP) is 2.24. The number of hydrogen-bond donors (Lipinski definition) is 1. The van der Waals surface area contributed by atoms with E-state index in [4.69, 9.17) is 0 Å². The van der Waals surface area contributed by atoms with Gasteiger partial charge in [-0.2, -0.15) is 0 Å². The molecular formula is C12H21N3S. The monoisotopic (exact) mass is 239 g/mol. The van der Waals surface area contributed by atoms with Crippen LogP contribution >= 0.6 is 11.3 Å². The SMILES string of the molecule is CCCNCc1cnc(CN2CCCC2)s1. The van der Waals surface area contributed by atoms with E-state index in [2.05, 4.69) is 22.1 Å². The average Bonchev–Trinajstić information content (AvgIpc) is 2.91. The fraction of sp³-hybridized carbons (Fsp3) is 0.750. The first-order chi connectivity index (χ1) is 7.88. The number of nitrogens with zero attached hydrogens (tertiary/aromatic N) is 2. The van der Waals surface area contributed by atoms with Gasteiger partial charge < -0.3 is 5.32 Å². The molecule has 1 N–H and O–H groups in total. The summed E-state index contributed by atoms with van der Waals surface area (Å²) in [5.41, 5.74) is 0. The fourth-order valence-corrected chi connectivity index (χ4v) is 2.96. The molecule has 1 aliphatic rings. The van der Waals surface area contributed by atoms with Gasteiger partial charge in [-0.3, -0.25) is 4.90 Å². The van der Waals surface area contributed by atoms with Gasteiger partial charge in [0.25, 0.3) is 0 Å². The molecule has 0 aliphatic carbocycles. The van der Waals surface area contributed by atoms with Crippen LogP contribution in [0.4, 0.5) is 0 Å². The van der Waals surface area contributed by atoms with Gasteiger partial charge >= 0.3 is 0 Å². The highest BCUT2D eigenvalue weighted by Gasteiger charge is 2.13. The third-order valence-corrected chi connectivity index (χ3v) is 3.87. The van der Waals surface area contributed by atoms with Crippen LogP contribution in [-0.2, 0) is 13.1 Å². The maximum absolute atomic E-state index is 4.50. The van der Waals surface area contributed by atoms with Gasteiger partial charge in [-0.1, -0.05) is 6.92 Å². The summed E-state index contributed by atoms with van der Waals surface area (Å²) in [5, 5.41) is 4.69. The Morgan fingerprint density at radius 3 is 3.00 bits per heavy atom. The van der Waals surface area contributed by atoms with Crippen LogP contribution in [-0.4, -0.2) is 29.5 Å². The van der Waals surface area contributed by atoms with Crippen LogP contribution in [0.15, 0.2) is 6.20 Å². The fourth-order valence-electron chi connectivity index (χ4n) is 2.02. The van der Waals surface area contributed by atoms with Gasteiger partial charge in [0.05, 0.1) is 6.54 Å². The van der Waals surface area contributed by atoms with E-state index >= 15 is 0 Å². The quantitative estimate of drug-likeness (QED) is 0.772. The second kappa shape index (κ2) is 6.33. The van der Waals surface area contributed by atoms with E-state index in [0.29, 0.717) is 0 Å². The second-order valence-electron chi connectivity index (χ2n) is 4.38. The Morgan fingerprint density at radius 2 is 2.25 bits per heavy atom. The van der Waals surface area contributed by atoms with Crippen molar-refractivity contribution in [1.82, 2.24) is 15.2 Å². The molecule has 2 rings (SSSR count). The average molecular weight is 239 g/mol.